The monoisotopic (exact) mass is 300 g/mol. The molecular weight excluding hydrogens is 284 g/mol. The fourth-order valence-electron chi connectivity index (χ4n) is 2.16. The van der Waals surface area contributed by atoms with Crippen LogP contribution in [0.25, 0.3) is 11.0 Å². The van der Waals surface area contributed by atoms with Gasteiger partial charge in [-0.25, -0.2) is 9.97 Å². The van der Waals surface area contributed by atoms with Crippen molar-refractivity contribution in [3.05, 3.63) is 46.2 Å². The number of fused-ring (bicyclic) bond motifs is 1. The number of aromatic nitrogens is 3. The molecule has 0 spiro atoms. The summed E-state index contributed by atoms with van der Waals surface area (Å²) in [4.78, 5) is 23.8. The van der Waals surface area contributed by atoms with Crippen LogP contribution in [0.4, 0.5) is 0 Å². The number of nitrogens with zero attached hydrogens (tertiary/aromatic N) is 2. The summed E-state index contributed by atoms with van der Waals surface area (Å²) < 4.78 is 0. The first-order chi connectivity index (χ1) is 10.2. The zero-order valence-electron chi connectivity index (χ0n) is 11.7. The molecule has 2 aromatic heterocycles. The van der Waals surface area contributed by atoms with Crippen molar-refractivity contribution < 1.29 is 4.79 Å². The molecule has 2 heterocycles. The number of thiazole rings is 1. The van der Waals surface area contributed by atoms with Gasteiger partial charge in [-0.15, -0.1) is 11.3 Å². The average molecular weight is 300 g/mol. The summed E-state index contributed by atoms with van der Waals surface area (Å²) in [6, 6.07) is 7.90. The van der Waals surface area contributed by atoms with E-state index in [4.69, 9.17) is 0 Å². The van der Waals surface area contributed by atoms with Crippen molar-refractivity contribution in [2.24, 2.45) is 0 Å². The number of hydrogen-bond donors (Lipinski definition) is 2. The second-order valence-corrected chi connectivity index (χ2v) is 5.90. The molecule has 1 amide bonds. The molecule has 1 aromatic carbocycles. The zero-order valence-corrected chi connectivity index (χ0v) is 12.5. The number of carbonyl (C=O) groups excluding carboxylic acids is 1. The Labute approximate surface area is 126 Å². The van der Waals surface area contributed by atoms with E-state index in [2.05, 4.69) is 20.3 Å². The van der Waals surface area contributed by atoms with E-state index in [1.54, 1.807) is 11.3 Å². The Bertz CT molecular complexity index is 729. The third kappa shape index (κ3) is 3.46. The maximum absolute atomic E-state index is 11.8. The summed E-state index contributed by atoms with van der Waals surface area (Å²) in [6.07, 6.45) is 1.03. The van der Waals surface area contributed by atoms with Crippen molar-refractivity contribution in [3.63, 3.8) is 0 Å². The molecule has 0 aliphatic carbocycles. The van der Waals surface area contributed by atoms with E-state index in [9.17, 15) is 4.79 Å². The highest BCUT2D eigenvalue weighted by atomic mass is 32.1. The van der Waals surface area contributed by atoms with Crippen LogP contribution < -0.4 is 5.32 Å². The van der Waals surface area contributed by atoms with Gasteiger partial charge in [0.1, 0.15) is 5.82 Å². The molecule has 0 atom stereocenters. The lowest BCUT2D eigenvalue weighted by atomic mass is 10.3. The molecule has 3 rings (SSSR count). The lowest BCUT2D eigenvalue weighted by Crippen LogP contribution is -2.27. The van der Waals surface area contributed by atoms with Crippen molar-refractivity contribution in [1.82, 2.24) is 20.3 Å². The summed E-state index contributed by atoms with van der Waals surface area (Å²) in [5.74, 6) is 0.886. The van der Waals surface area contributed by atoms with Gasteiger partial charge in [-0.3, -0.25) is 4.79 Å². The highest BCUT2D eigenvalue weighted by Gasteiger charge is 2.07. The number of benzene rings is 1. The Morgan fingerprint density at radius 1 is 1.33 bits per heavy atom. The van der Waals surface area contributed by atoms with Crippen molar-refractivity contribution in [3.8, 4) is 0 Å². The number of nitrogens with one attached hydrogen (secondary N) is 2. The molecule has 3 aromatic rings. The minimum Gasteiger partial charge on any atom is -0.355 e. The minimum absolute atomic E-state index is 0.00332. The van der Waals surface area contributed by atoms with Crippen LogP contribution in [0.1, 0.15) is 16.5 Å². The maximum Gasteiger partial charge on any atom is 0.226 e. The minimum atomic E-state index is -0.00332. The zero-order chi connectivity index (χ0) is 14.7. The van der Waals surface area contributed by atoms with E-state index in [-0.39, 0.29) is 5.91 Å². The van der Waals surface area contributed by atoms with Crippen molar-refractivity contribution in [1.29, 1.82) is 0 Å². The Morgan fingerprint density at radius 2 is 2.19 bits per heavy atom. The molecule has 0 unspecified atom stereocenters. The topological polar surface area (TPSA) is 70.7 Å². The standard InChI is InChI=1S/C15H16N4OS/c1-10-17-11(9-21-10)8-15(20)16-7-6-14-18-12-4-2-3-5-13(12)19-14/h2-5,9H,6-8H2,1H3,(H,16,20)(H,18,19). The van der Waals surface area contributed by atoms with E-state index in [0.29, 0.717) is 19.4 Å². The van der Waals surface area contributed by atoms with Gasteiger partial charge in [0.2, 0.25) is 5.91 Å². The molecule has 0 aliphatic rings. The molecule has 2 N–H and O–H groups in total. The van der Waals surface area contributed by atoms with E-state index in [0.717, 1.165) is 27.6 Å². The van der Waals surface area contributed by atoms with Crippen LogP contribution in [0.5, 0.6) is 0 Å². The number of amides is 1. The molecule has 0 saturated heterocycles. The van der Waals surface area contributed by atoms with Crippen LogP contribution in [0.15, 0.2) is 29.6 Å². The Hall–Kier alpha value is -2.21. The van der Waals surface area contributed by atoms with Crippen LogP contribution >= 0.6 is 11.3 Å². The molecule has 5 nitrogen and oxygen atoms in total. The van der Waals surface area contributed by atoms with Crippen LogP contribution in [-0.4, -0.2) is 27.4 Å². The van der Waals surface area contributed by atoms with Crippen molar-refractivity contribution in [2.45, 2.75) is 19.8 Å². The third-order valence-electron chi connectivity index (χ3n) is 3.13. The fourth-order valence-corrected chi connectivity index (χ4v) is 2.77. The molecule has 0 fully saturated rings. The Morgan fingerprint density at radius 3 is 2.95 bits per heavy atom. The Kier molecular flexibility index (Phi) is 3.96. The number of para-hydroxylation sites is 2. The first-order valence-corrected chi connectivity index (χ1v) is 7.70. The number of hydrogen-bond acceptors (Lipinski definition) is 4. The SMILES string of the molecule is Cc1nc(CC(=O)NCCc2nc3ccccc3[nH]2)cs1. The smallest absolute Gasteiger partial charge is 0.226 e. The average Bonchev–Trinajstić information content (AvgIpc) is 3.04. The van der Waals surface area contributed by atoms with Crippen LogP contribution in [0.2, 0.25) is 0 Å². The molecule has 21 heavy (non-hydrogen) atoms. The van der Waals surface area contributed by atoms with Gasteiger partial charge in [0.05, 0.1) is 28.2 Å². The number of aryl methyl sites for hydroxylation is 1. The van der Waals surface area contributed by atoms with E-state index in [1.165, 1.54) is 0 Å². The van der Waals surface area contributed by atoms with Gasteiger partial charge >= 0.3 is 0 Å². The number of imidazole rings is 1. The second-order valence-electron chi connectivity index (χ2n) is 4.84. The fraction of sp³-hybridized carbons (Fsp3) is 0.267. The van der Waals surface area contributed by atoms with Gasteiger partial charge in [0, 0.05) is 18.3 Å². The lowest BCUT2D eigenvalue weighted by Gasteiger charge is -2.02. The molecule has 0 bridgehead atoms. The Balaban J connectivity index is 1.50. The van der Waals surface area contributed by atoms with Crippen LogP contribution in [0.3, 0.4) is 0 Å². The maximum atomic E-state index is 11.8. The first kappa shape index (κ1) is 13.8. The van der Waals surface area contributed by atoms with Crippen molar-refractivity contribution >= 4 is 28.3 Å². The van der Waals surface area contributed by atoms with Gasteiger partial charge in [0.15, 0.2) is 0 Å². The predicted octanol–water partition coefficient (Wildman–Crippen LogP) is 2.23. The highest BCUT2D eigenvalue weighted by Crippen LogP contribution is 2.10. The van der Waals surface area contributed by atoms with Crippen LogP contribution in [0, 0.1) is 6.92 Å². The summed E-state index contributed by atoms with van der Waals surface area (Å²) in [5.41, 5.74) is 2.81. The quantitative estimate of drug-likeness (QED) is 0.759. The second kappa shape index (κ2) is 6.05. The molecule has 108 valence electrons. The number of aromatic amines is 1. The summed E-state index contributed by atoms with van der Waals surface area (Å²) in [5, 5.41) is 5.81. The van der Waals surface area contributed by atoms with Gasteiger partial charge in [0.25, 0.3) is 0 Å². The van der Waals surface area contributed by atoms with Gasteiger partial charge < -0.3 is 10.3 Å². The number of H-pyrrole nitrogens is 1. The van der Waals surface area contributed by atoms with Crippen molar-refractivity contribution in [2.75, 3.05) is 6.54 Å². The predicted molar refractivity (Wildman–Crippen MR) is 83.4 cm³/mol. The number of carbonyl (C=O) groups is 1. The molecule has 0 radical (unpaired) electrons. The van der Waals surface area contributed by atoms with Gasteiger partial charge in [-0.05, 0) is 19.1 Å². The summed E-state index contributed by atoms with van der Waals surface area (Å²) in [6.45, 7) is 2.51. The third-order valence-corrected chi connectivity index (χ3v) is 3.95. The summed E-state index contributed by atoms with van der Waals surface area (Å²) in [7, 11) is 0. The van der Waals surface area contributed by atoms with E-state index in [1.807, 2.05) is 36.6 Å². The first-order valence-electron chi connectivity index (χ1n) is 6.82. The van der Waals surface area contributed by atoms with Crippen LogP contribution in [-0.2, 0) is 17.6 Å². The molecule has 0 saturated carbocycles. The van der Waals surface area contributed by atoms with E-state index < -0.39 is 0 Å². The van der Waals surface area contributed by atoms with Gasteiger partial charge in [-0.1, -0.05) is 12.1 Å². The molecular formula is C15H16N4OS. The highest BCUT2D eigenvalue weighted by molar-refractivity contribution is 7.09. The van der Waals surface area contributed by atoms with Gasteiger partial charge in [-0.2, -0.15) is 0 Å². The van der Waals surface area contributed by atoms with E-state index >= 15 is 0 Å². The summed E-state index contributed by atoms with van der Waals surface area (Å²) >= 11 is 1.56. The molecule has 0 aliphatic heterocycles. The number of rotatable bonds is 5. The molecule has 6 heteroatoms. The normalized spacial score (nSPS) is 10.9. The lowest BCUT2D eigenvalue weighted by molar-refractivity contribution is -0.120. The largest absolute Gasteiger partial charge is 0.355 e.